The number of hydrogen-bond acceptors (Lipinski definition) is 3. The molecule has 2 rings (SSSR count). The van der Waals surface area contributed by atoms with E-state index in [1.54, 1.807) is 0 Å². The smallest absolute Gasteiger partial charge is 0.0271 e. The van der Waals surface area contributed by atoms with Crippen LogP contribution in [0.1, 0.15) is 24.8 Å². The Morgan fingerprint density at radius 2 is 2.12 bits per heavy atom. The van der Waals surface area contributed by atoms with Crippen LogP contribution in [0.4, 0.5) is 0 Å². The van der Waals surface area contributed by atoms with E-state index >= 15 is 0 Å². The number of rotatable bonds is 4. The van der Waals surface area contributed by atoms with Crippen molar-refractivity contribution < 1.29 is 0 Å². The van der Waals surface area contributed by atoms with Gasteiger partial charge in [-0.3, -0.25) is 9.88 Å². The molecule has 1 fully saturated rings. The van der Waals surface area contributed by atoms with Crippen molar-refractivity contribution in [2.75, 3.05) is 14.1 Å². The maximum atomic E-state index is 4.05. The Morgan fingerprint density at radius 3 is 2.75 bits per heavy atom. The van der Waals surface area contributed by atoms with Gasteiger partial charge < -0.3 is 5.32 Å². The Kier molecular flexibility index (Phi) is 3.91. The van der Waals surface area contributed by atoms with E-state index < -0.39 is 0 Å². The van der Waals surface area contributed by atoms with Crippen LogP contribution in [0.15, 0.2) is 24.5 Å². The zero-order valence-corrected chi connectivity index (χ0v) is 10.2. The van der Waals surface area contributed by atoms with Crippen molar-refractivity contribution in [2.24, 2.45) is 0 Å². The van der Waals surface area contributed by atoms with E-state index in [9.17, 15) is 0 Å². The van der Waals surface area contributed by atoms with E-state index in [2.05, 4.69) is 41.4 Å². The van der Waals surface area contributed by atoms with Crippen molar-refractivity contribution in [1.29, 1.82) is 0 Å². The topological polar surface area (TPSA) is 28.2 Å². The Hall–Kier alpha value is -0.930. The van der Waals surface area contributed by atoms with Crippen molar-refractivity contribution in [3.8, 4) is 0 Å². The van der Waals surface area contributed by atoms with Crippen LogP contribution < -0.4 is 5.32 Å². The van der Waals surface area contributed by atoms with Gasteiger partial charge in [0.05, 0.1) is 0 Å². The number of nitrogens with zero attached hydrogens (tertiary/aromatic N) is 2. The van der Waals surface area contributed by atoms with Gasteiger partial charge in [-0.1, -0.05) is 0 Å². The van der Waals surface area contributed by atoms with Gasteiger partial charge in [0.2, 0.25) is 0 Å². The van der Waals surface area contributed by atoms with Gasteiger partial charge in [0.1, 0.15) is 0 Å². The highest BCUT2D eigenvalue weighted by molar-refractivity contribution is 5.09. The van der Waals surface area contributed by atoms with E-state index in [0.29, 0.717) is 6.04 Å². The van der Waals surface area contributed by atoms with Crippen molar-refractivity contribution in [1.82, 2.24) is 15.2 Å². The van der Waals surface area contributed by atoms with Crippen LogP contribution in [0.5, 0.6) is 0 Å². The largest absolute Gasteiger partial charge is 0.317 e. The first-order chi connectivity index (χ1) is 7.79. The van der Waals surface area contributed by atoms with E-state index in [1.807, 2.05) is 12.4 Å². The average Bonchev–Trinajstić information content (AvgIpc) is 2.79. The number of pyridine rings is 1. The predicted octanol–water partition coefficient (Wildman–Crippen LogP) is 1.65. The van der Waals surface area contributed by atoms with Gasteiger partial charge >= 0.3 is 0 Å². The van der Waals surface area contributed by atoms with Crippen molar-refractivity contribution in [3.63, 3.8) is 0 Å². The minimum atomic E-state index is 0.713. The lowest BCUT2D eigenvalue weighted by Gasteiger charge is -2.24. The Morgan fingerprint density at radius 1 is 1.38 bits per heavy atom. The van der Waals surface area contributed by atoms with Gasteiger partial charge in [0.15, 0.2) is 0 Å². The molecule has 88 valence electrons. The highest BCUT2D eigenvalue weighted by atomic mass is 15.1. The second kappa shape index (κ2) is 5.41. The van der Waals surface area contributed by atoms with Gasteiger partial charge in [-0.05, 0) is 51.1 Å². The summed E-state index contributed by atoms with van der Waals surface area (Å²) in [5.74, 6) is 0. The van der Waals surface area contributed by atoms with Gasteiger partial charge in [-0.2, -0.15) is 0 Å². The van der Waals surface area contributed by atoms with E-state index in [-0.39, 0.29) is 0 Å². The fourth-order valence-electron chi connectivity index (χ4n) is 2.53. The predicted molar refractivity (Wildman–Crippen MR) is 66.2 cm³/mol. The molecule has 1 N–H and O–H groups in total. The first kappa shape index (κ1) is 11.6. The molecule has 1 aromatic rings. The fourth-order valence-corrected chi connectivity index (χ4v) is 2.53. The zero-order chi connectivity index (χ0) is 11.4. The first-order valence-electron chi connectivity index (χ1n) is 6.06. The quantitative estimate of drug-likeness (QED) is 0.834. The summed E-state index contributed by atoms with van der Waals surface area (Å²) in [6.07, 6.45) is 7.63. The number of aromatic nitrogens is 1. The molecular formula is C13H21N3. The van der Waals surface area contributed by atoms with Crippen molar-refractivity contribution in [3.05, 3.63) is 30.1 Å². The monoisotopic (exact) mass is 219 g/mol. The molecule has 0 aromatic carbocycles. The van der Waals surface area contributed by atoms with Crippen LogP contribution in [0.3, 0.4) is 0 Å². The highest BCUT2D eigenvalue weighted by Crippen LogP contribution is 2.24. The molecule has 1 aliphatic rings. The summed E-state index contributed by atoms with van der Waals surface area (Å²) in [7, 11) is 4.29. The molecule has 2 atom stereocenters. The summed E-state index contributed by atoms with van der Waals surface area (Å²) in [5.41, 5.74) is 1.35. The summed E-state index contributed by atoms with van der Waals surface area (Å²) in [6, 6.07) is 5.64. The molecule has 0 amide bonds. The lowest BCUT2D eigenvalue weighted by atomic mass is 10.2. The summed E-state index contributed by atoms with van der Waals surface area (Å²) < 4.78 is 0. The van der Waals surface area contributed by atoms with Gasteiger partial charge in [0, 0.05) is 31.0 Å². The Balaban J connectivity index is 1.87. The van der Waals surface area contributed by atoms with Gasteiger partial charge in [0.25, 0.3) is 0 Å². The standard InChI is InChI=1S/C13H21N3/c1-14-12-3-4-13(9-12)16(2)10-11-5-7-15-8-6-11/h5-8,12-14H,3-4,9-10H2,1-2H3. The number of nitrogens with one attached hydrogen (secondary N) is 1. The molecule has 0 spiro atoms. The lowest BCUT2D eigenvalue weighted by Crippen LogP contribution is -2.31. The molecule has 2 unspecified atom stereocenters. The lowest BCUT2D eigenvalue weighted by molar-refractivity contribution is 0.234. The Bertz CT molecular complexity index is 312. The fraction of sp³-hybridized carbons (Fsp3) is 0.615. The van der Waals surface area contributed by atoms with Gasteiger partial charge in [-0.15, -0.1) is 0 Å². The van der Waals surface area contributed by atoms with E-state index in [4.69, 9.17) is 0 Å². The maximum absolute atomic E-state index is 4.05. The zero-order valence-electron chi connectivity index (χ0n) is 10.2. The molecule has 1 heterocycles. The SMILES string of the molecule is CNC1CCC(N(C)Cc2ccncc2)C1. The molecule has 0 aliphatic heterocycles. The molecule has 0 bridgehead atoms. The minimum absolute atomic E-state index is 0.713. The molecule has 0 saturated heterocycles. The van der Waals surface area contributed by atoms with Crippen LogP contribution in [0.2, 0.25) is 0 Å². The normalized spacial score (nSPS) is 25.2. The third-order valence-electron chi connectivity index (χ3n) is 3.62. The first-order valence-corrected chi connectivity index (χ1v) is 6.06. The van der Waals surface area contributed by atoms with E-state index in [0.717, 1.165) is 12.6 Å². The Labute approximate surface area is 97.9 Å². The van der Waals surface area contributed by atoms with E-state index in [1.165, 1.54) is 24.8 Å². The highest BCUT2D eigenvalue weighted by Gasteiger charge is 2.26. The summed E-state index contributed by atoms with van der Waals surface area (Å²) in [5, 5.41) is 3.38. The molecule has 1 saturated carbocycles. The van der Waals surface area contributed by atoms with Crippen LogP contribution >= 0.6 is 0 Å². The second-order valence-corrected chi connectivity index (χ2v) is 4.72. The van der Waals surface area contributed by atoms with Crippen LogP contribution in [-0.4, -0.2) is 36.1 Å². The minimum Gasteiger partial charge on any atom is -0.317 e. The molecule has 16 heavy (non-hydrogen) atoms. The summed E-state index contributed by atoms with van der Waals surface area (Å²) in [6.45, 7) is 1.03. The molecule has 3 nitrogen and oxygen atoms in total. The maximum Gasteiger partial charge on any atom is 0.0271 e. The van der Waals surface area contributed by atoms with Crippen molar-refractivity contribution in [2.45, 2.75) is 37.9 Å². The number of hydrogen-bond donors (Lipinski definition) is 1. The summed E-state index contributed by atoms with van der Waals surface area (Å²) >= 11 is 0. The summed E-state index contributed by atoms with van der Waals surface area (Å²) in [4.78, 5) is 6.51. The van der Waals surface area contributed by atoms with Crippen LogP contribution in [0, 0.1) is 0 Å². The molecule has 3 heteroatoms. The second-order valence-electron chi connectivity index (χ2n) is 4.72. The van der Waals surface area contributed by atoms with Crippen molar-refractivity contribution >= 4 is 0 Å². The van der Waals surface area contributed by atoms with Crippen LogP contribution in [-0.2, 0) is 6.54 Å². The molecule has 1 aromatic heterocycles. The molecule has 1 aliphatic carbocycles. The molecule has 0 radical (unpaired) electrons. The molecular weight excluding hydrogens is 198 g/mol. The third kappa shape index (κ3) is 2.80. The average molecular weight is 219 g/mol. The van der Waals surface area contributed by atoms with Gasteiger partial charge in [-0.25, -0.2) is 0 Å². The third-order valence-corrected chi connectivity index (χ3v) is 3.62. The van der Waals surface area contributed by atoms with Crippen LogP contribution in [0.25, 0.3) is 0 Å².